The highest BCUT2D eigenvalue weighted by Crippen LogP contribution is 2.46. The molecule has 0 aliphatic heterocycles. The minimum absolute atomic E-state index is 0.0271. The van der Waals surface area contributed by atoms with Gasteiger partial charge >= 0.3 is 0 Å². The van der Waals surface area contributed by atoms with E-state index in [1.807, 2.05) is 19.9 Å². The summed E-state index contributed by atoms with van der Waals surface area (Å²) in [7, 11) is 0. The number of unbranched alkanes of at least 4 members (excludes halogenated alkanes) is 1. The zero-order valence-electron chi connectivity index (χ0n) is 14.5. The van der Waals surface area contributed by atoms with Gasteiger partial charge in [0.15, 0.2) is 0 Å². The van der Waals surface area contributed by atoms with Crippen LogP contribution in [0.4, 0.5) is 0 Å². The van der Waals surface area contributed by atoms with Crippen LogP contribution in [0, 0.1) is 5.92 Å². The molecule has 0 radical (unpaired) electrons. The summed E-state index contributed by atoms with van der Waals surface area (Å²) < 4.78 is 0. The predicted molar refractivity (Wildman–Crippen MR) is 95.2 cm³/mol. The molecule has 0 bridgehead atoms. The van der Waals surface area contributed by atoms with Gasteiger partial charge in [0.2, 0.25) is 0 Å². The highest BCUT2D eigenvalue weighted by molar-refractivity contribution is 5.52. The topological polar surface area (TPSA) is 80.9 Å². The number of aliphatic hydroxyl groups is 2. The second-order valence-electron chi connectivity index (χ2n) is 6.87. The number of aromatic hydroxyl groups is 2. The molecule has 132 valence electrons. The lowest BCUT2D eigenvalue weighted by atomic mass is 9.72. The summed E-state index contributed by atoms with van der Waals surface area (Å²) >= 11 is 0. The van der Waals surface area contributed by atoms with E-state index < -0.39 is 6.10 Å². The normalized spacial score (nSPS) is 23.8. The molecule has 2 unspecified atom stereocenters. The van der Waals surface area contributed by atoms with Crippen molar-refractivity contribution in [3.63, 3.8) is 0 Å². The molecule has 4 N–H and O–H groups in total. The van der Waals surface area contributed by atoms with Gasteiger partial charge in [-0.05, 0) is 68.7 Å². The summed E-state index contributed by atoms with van der Waals surface area (Å²) in [4.78, 5) is 0. The predicted octanol–water partition coefficient (Wildman–Crippen LogP) is 3.40. The summed E-state index contributed by atoms with van der Waals surface area (Å²) in [6.45, 7) is 7.93. The smallest absolute Gasteiger partial charge is 0.123 e. The van der Waals surface area contributed by atoms with Crippen LogP contribution in [-0.4, -0.2) is 33.1 Å². The second-order valence-corrected chi connectivity index (χ2v) is 6.87. The standard InChI is InChI=1S/C20H28O4/c1-12(2)15-11-17(22)13(3)8-16(15)20-18(23)9-14(10-19(20)24)6-4-5-7-21/h8-10,15-17,21-24H,1,4-7,11H2,2-3H3/t15-,16?,17?/m0/s1. The molecule has 1 aliphatic rings. The van der Waals surface area contributed by atoms with Gasteiger partial charge in [0.25, 0.3) is 0 Å². The van der Waals surface area contributed by atoms with Crippen molar-refractivity contribution in [3.05, 3.63) is 47.1 Å². The van der Waals surface area contributed by atoms with Gasteiger partial charge in [-0.15, -0.1) is 0 Å². The lowest BCUT2D eigenvalue weighted by molar-refractivity contribution is 0.168. The van der Waals surface area contributed by atoms with Crippen LogP contribution in [0.5, 0.6) is 11.5 Å². The van der Waals surface area contributed by atoms with Crippen molar-refractivity contribution in [3.8, 4) is 11.5 Å². The van der Waals surface area contributed by atoms with Gasteiger partial charge < -0.3 is 20.4 Å². The van der Waals surface area contributed by atoms with E-state index >= 15 is 0 Å². The number of phenols is 2. The fourth-order valence-corrected chi connectivity index (χ4v) is 3.48. The molecule has 2 rings (SSSR count). The van der Waals surface area contributed by atoms with Gasteiger partial charge in [-0.3, -0.25) is 0 Å². The second kappa shape index (κ2) is 7.86. The van der Waals surface area contributed by atoms with Crippen molar-refractivity contribution in [2.45, 2.75) is 51.6 Å². The molecule has 1 aromatic carbocycles. The molecule has 1 aromatic rings. The lowest BCUT2D eigenvalue weighted by Gasteiger charge is -2.34. The molecule has 0 aromatic heterocycles. The summed E-state index contributed by atoms with van der Waals surface area (Å²) in [5, 5.41) is 40.0. The average molecular weight is 332 g/mol. The maximum Gasteiger partial charge on any atom is 0.123 e. The fraction of sp³-hybridized carbons (Fsp3) is 0.500. The SMILES string of the molecule is C=C(C)[C@@H]1CC(O)C(C)=CC1c1c(O)cc(CCCCO)cc1O. The van der Waals surface area contributed by atoms with Crippen LogP contribution in [0.2, 0.25) is 0 Å². The Morgan fingerprint density at radius 3 is 2.38 bits per heavy atom. The molecule has 0 heterocycles. The first-order valence-corrected chi connectivity index (χ1v) is 8.52. The number of phenolic OH excluding ortho intramolecular Hbond substituents is 2. The van der Waals surface area contributed by atoms with E-state index in [9.17, 15) is 15.3 Å². The maximum atomic E-state index is 10.5. The highest BCUT2D eigenvalue weighted by atomic mass is 16.3. The van der Waals surface area contributed by atoms with Crippen LogP contribution in [0.1, 0.15) is 50.2 Å². The van der Waals surface area contributed by atoms with Gasteiger partial charge in [0.1, 0.15) is 11.5 Å². The summed E-state index contributed by atoms with van der Waals surface area (Å²) in [6, 6.07) is 3.38. The summed E-state index contributed by atoms with van der Waals surface area (Å²) in [5.74, 6) is -0.0745. The Morgan fingerprint density at radius 2 is 1.83 bits per heavy atom. The number of hydrogen-bond donors (Lipinski definition) is 4. The molecule has 0 amide bonds. The third-order valence-electron chi connectivity index (χ3n) is 4.91. The summed E-state index contributed by atoms with van der Waals surface area (Å²) in [5.41, 5.74) is 3.13. The van der Waals surface area contributed by atoms with Crippen LogP contribution < -0.4 is 0 Å². The largest absolute Gasteiger partial charge is 0.507 e. The quantitative estimate of drug-likeness (QED) is 0.475. The highest BCUT2D eigenvalue weighted by Gasteiger charge is 2.33. The Kier molecular flexibility index (Phi) is 6.08. The number of aliphatic hydroxyl groups excluding tert-OH is 2. The number of rotatable bonds is 6. The van der Waals surface area contributed by atoms with E-state index in [0.717, 1.165) is 23.1 Å². The van der Waals surface area contributed by atoms with Gasteiger partial charge in [-0.1, -0.05) is 18.2 Å². The minimum atomic E-state index is -0.509. The molecule has 0 saturated heterocycles. The zero-order chi connectivity index (χ0) is 17.9. The van der Waals surface area contributed by atoms with Crippen molar-refractivity contribution >= 4 is 0 Å². The van der Waals surface area contributed by atoms with Crippen LogP contribution in [-0.2, 0) is 6.42 Å². The third kappa shape index (κ3) is 4.00. The molecule has 0 saturated carbocycles. The van der Waals surface area contributed by atoms with Crippen molar-refractivity contribution in [1.82, 2.24) is 0 Å². The molecule has 0 spiro atoms. The van der Waals surface area contributed by atoms with E-state index in [0.29, 0.717) is 24.8 Å². The van der Waals surface area contributed by atoms with Gasteiger partial charge in [-0.25, -0.2) is 0 Å². The Bertz CT molecular complexity index is 610. The third-order valence-corrected chi connectivity index (χ3v) is 4.91. The van der Waals surface area contributed by atoms with Crippen LogP contribution in [0.15, 0.2) is 35.9 Å². The number of benzene rings is 1. The first-order chi connectivity index (χ1) is 11.3. The van der Waals surface area contributed by atoms with E-state index in [1.165, 1.54) is 0 Å². The monoisotopic (exact) mass is 332 g/mol. The Morgan fingerprint density at radius 1 is 1.21 bits per heavy atom. The van der Waals surface area contributed by atoms with E-state index in [2.05, 4.69) is 6.58 Å². The van der Waals surface area contributed by atoms with Crippen LogP contribution >= 0.6 is 0 Å². The van der Waals surface area contributed by atoms with Crippen molar-refractivity contribution < 1.29 is 20.4 Å². The van der Waals surface area contributed by atoms with Crippen molar-refractivity contribution in [1.29, 1.82) is 0 Å². The average Bonchev–Trinajstić information content (AvgIpc) is 2.50. The number of aryl methyl sites for hydroxylation is 1. The molecular weight excluding hydrogens is 304 g/mol. The molecule has 0 fully saturated rings. The molecule has 4 nitrogen and oxygen atoms in total. The van der Waals surface area contributed by atoms with Gasteiger partial charge in [0.05, 0.1) is 6.10 Å². The van der Waals surface area contributed by atoms with Crippen LogP contribution in [0.3, 0.4) is 0 Å². The maximum absolute atomic E-state index is 10.5. The summed E-state index contributed by atoms with van der Waals surface area (Å²) in [6.07, 6.45) is 4.16. The zero-order valence-corrected chi connectivity index (χ0v) is 14.5. The molecule has 4 heteroatoms. The Labute approximate surface area is 143 Å². The van der Waals surface area contributed by atoms with Crippen LogP contribution in [0.25, 0.3) is 0 Å². The van der Waals surface area contributed by atoms with E-state index in [4.69, 9.17) is 5.11 Å². The molecule has 3 atom stereocenters. The molecular formula is C20H28O4. The number of allylic oxidation sites excluding steroid dienone is 2. The Balaban J connectivity index is 2.37. The molecule has 1 aliphatic carbocycles. The minimum Gasteiger partial charge on any atom is -0.507 e. The lowest BCUT2D eigenvalue weighted by Crippen LogP contribution is -2.26. The van der Waals surface area contributed by atoms with Crippen molar-refractivity contribution in [2.24, 2.45) is 5.92 Å². The fourth-order valence-electron chi connectivity index (χ4n) is 3.48. The first-order valence-electron chi connectivity index (χ1n) is 8.52. The van der Waals surface area contributed by atoms with E-state index in [-0.39, 0.29) is 29.9 Å². The number of hydrogen-bond acceptors (Lipinski definition) is 4. The van der Waals surface area contributed by atoms with E-state index in [1.54, 1.807) is 12.1 Å². The van der Waals surface area contributed by atoms with Gasteiger partial charge in [-0.2, -0.15) is 0 Å². The van der Waals surface area contributed by atoms with Gasteiger partial charge in [0, 0.05) is 18.1 Å². The Hall–Kier alpha value is -1.78. The van der Waals surface area contributed by atoms with Crippen molar-refractivity contribution in [2.75, 3.05) is 6.61 Å². The first kappa shape index (κ1) is 18.6. The molecule has 24 heavy (non-hydrogen) atoms.